The zero-order valence-corrected chi connectivity index (χ0v) is 8.87. The SMILES string of the molecule is COc1cccc(C(O)c2cccnc2)n1. The minimum atomic E-state index is -0.774. The molecule has 16 heavy (non-hydrogen) atoms. The lowest BCUT2D eigenvalue weighted by molar-refractivity contribution is 0.213. The summed E-state index contributed by atoms with van der Waals surface area (Å²) in [5.41, 5.74) is 1.26. The van der Waals surface area contributed by atoms with Crippen LogP contribution in [0.2, 0.25) is 0 Å². The predicted octanol–water partition coefficient (Wildman–Crippen LogP) is 1.57. The first kappa shape index (κ1) is 10.6. The largest absolute Gasteiger partial charge is 0.481 e. The molecule has 2 rings (SSSR count). The van der Waals surface area contributed by atoms with E-state index in [4.69, 9.17) is 4.74 Å². The van der Waals surface area contributed by atoms with Crippen molar-refractivity contribution < 1.29 is 9.84 Å². The Morgan fingerprint density at radius 2 is 2.12 bits per heavy atom. The molecule has 0 aliphatic heterocycles. The van der Waals surface area contributed by atoms with Crippen molar-refractivity contribution in [2.45, 2.75) is 6.10 Å². The fourth-order valence-electron chi connectivity index (χ4n) is 1.41. The first-order valence-corrected chi connectivity index (χ1v) is 4.90. The number of rotatable bonds is 3. The number of ether oxygens (including phenoxy) is 1. The molecule has 2 aromatic rings. The average molecular weight is 216 g/mol. The van der Waals surface area contributed by atoms with E-state index in [1.54, 1.807) is 49.8 Å². The van der Waals surface area contributed by atoms with E-state index in [0.29, 0.717) is 17.1 Å². The van der Waals surface area contributed by atoms with Crippen LogP contribution in [0, 0.1) is 0 Å². The van der Waals surface area contributed by atoms with E-state index in [1.165, 1.54) is 0 Å². The van der Waals surface area contributed by atoms with Crippen LogP contribution in [-0.4, -0.2) is 22.2 Å². The molecule has 4 nitrogen and oxygen atoms in total. The van der Waals surface area contributed by atoms with Gasteiger partial charge in [0.15, 0.2) is 0 Å². The molecule has 0 aliphatic carbocycles. The molecule has 0 saturated carbocycles. The third-order valence-electron chi connectivity index (χ3n) is 2.23. The van der Waals surface area contributed by atoms with Crippen molar-refractivity contribution in [3.8, 4) is 5.88 Å². The first-order valence-electron chi connectivity index (χ1n) is 4.90. The standard InChI is InChI=1S/C12H12N2O2/c1-16-11-6-2-5-10(14-11)12(15)9-4-3-7-13-8-9/h2-8,12,15H,1H3. The summed E-state index contributed by atoms with van der Waals surface area (Å²) in [7, 11) is 1.54. The Balaban J connectivity index is 2.30. The van der Waals surface area contributed by atoms with Crippen LogP contribution >= 0.6 is 0 Å². The smallest absolute Gasteiger partial charge is 0.213 e. The van der Waals surface area contributed by atoms with Crippen molar-refractivity contribution in [2.75, 3.05) is 7.11 Å². The second-order valence-electron chi connectivity index (χ2n) is 3.29. The Labute approximate surface area is 93.6 Å². The summed E-state index contributed by atoms with van der Waals surface area (Å²) in [6, 6.07) is 8.86. The topological polar surface area (TPSA) is 55.2 Å². The summed E-state index contributed by atoms with van der Waals surface area (Å²) < 4.78 is 5.00. The van der Waals surface area contributed by atoms with E-state index in [9.17, 15) is 5.11 Å². The molecule has 0 amide bonds. The van der Waals surface area contributed by atoms with Crippen LogP contribution in [0.4, 0.5) is 0 Å². The summed E-state index contributed by atoms with van der Waals surface area (Å²) in [5.74, 6) is 0.487. The van der Waals surface area contributed by atoms with E-state index in [1.807, 2.05) is 0 Å². The van der Waals surface area contributed by atoms with Gasteiger partial charge < -0.3 is 9.84 Å². The van der Waals surface area contributed by atoms with Crippen LogP contribution in [-0.2, 0) is 0 Å². The second-order valence-corrected chi connectivity index (χ2v) is 3.29. The van der Waals surface area contributed by atoms with E-state index < -0.39 is 6.10 Å². The molecule has 0 saturated heterocycles. The first-order chi connectivity index (χ1) is 7.81. The molecule has 0 bridgehead atoms. The maximum absolute atomic E-state index is 10.1. The molecular weight excluding hydrogens is 204 g/mol. The number of hydrogen-bond donors (Lipinski definition) is 1. The lowest BCUT2D eigenvalue weighted by Crippen LogP contribution is -2.03. The van der Waals surface area contributed by atoms with Gasteiger partial charge in [-0.1, -0.05) is 12.1 Å². The number of aliphatic hydroxyl groups is 1. The van der Waals surface area contributed by atoms with Gasteiger partial charge in [-0.05, 0) is 12.1 Å². The number of aromatic nitrogens is 2. The van der Waals surface area contributed by atoms with Gasteiger partial charge in [-0.3, -0.25) is 4.98 Å². The molecular formula is C12H12N2O2. The third kappa shape index (κ3) is 2.17. The highest BCUT2D eigenvalue weighted by atomic mass is 16.5. The van der Waals surface area contributed by atoms with Gasteiger partial charge in [0.25, 0.3) is 0 Å². The van der Waals surface area contributed by atoms with Crippen LogP contribution in [0.25, 0.3) is 0 Å². The van der Waals surface area contributed by atoms with Gasteiger partial charge >= 0.3 is 0 Å². The van der Waals surface area contributed by atoms with Crippen molar-refractivity contribution in [3.63, 3.8) is 0 Å². The molecule has 0 aliphatic rings. The van der Waals surface area contributed by atoms with Gasteiger partial charge in [0, 0.05) is 24.0 Å². The quantitative estimate of drug-likeness (QED) is 0.846. The average Bonchev–Trinajstić information content (AvgIpc) is 2.39. The Hall–Kier alpha value is -1.94. The Morgan fingerprint density at radius 3 is 2.81 bits per heavy atom. The maximum atomic E-state index is 10.1. The monoisotopic (exact) mass is 216 g/mol. The molecule has 4 heteroatoms. The molecule has 1 atom stereocenters. The van der Waals surface area contributed by atoms with Gasteiger partial charge in [-0.15, -0.1) is 0 Å². The van der Waals surface area contributed by atoms with Crippen molar-refractivity contribution in [2.24, 2.45) is 0 Å². The zero-order chi connectivity index (χ0) is 11.4. The minimum absolute atomic E-state index is 0.487. The molecule has 0 spiro atoms. The fourth-order valence-corrected chi connectivity index (χ4v) is 1.41. The highest BCUT2D eigenvalue weighted by Crippen LogP contribution is 2.20. The van der Waals surface area contributed by atoms with Gasteiger partial charge in [0.1, 0.15) is 6.10 Å². The molecule has 1 N–H and O–H groups in total. The van der Waals surface area contributed by atoms with Crippen LogP contribution < -0.4 is 4.74 Å². The molecule has 0 fully saturated rings. The van der Waals surface area contributed by atoms with Crippen LogP contribution in [0.3, 0.4) is 0 Å². The third-order valence-corrected chi connectivity index (χ3v) is 2.23. The number of hydrogen-bond acceptors (Lipinski definition) is 4. The summed E-state index contributed by atoms with van der Waals surface area (Å²) in [4.78, 5) is 8.12. The number of aliphatic hydroxyl groups excluding tert-OH is 1. The van der Waals surface area contributed by atoms with Crippen LogP contribution in [0.15, 0.2) is 42.7 Å². The fraction of sp³-hybridized carbons (Fsp3) is 0.167. The highest BCUT2D eigenvalue weighted by molar-refractivity contribution is 5.25. The predicted molar refractivity (Wildman–Crippen MR) is 59.1 cm³/mol. The lowest BCUT2D eigenvalue weighted by atomic mass is 10.1. The number of methoxy groups -OCH3 is 1. The van der Waals surface area contributed by atoms with E-state index in [0.717, 1.165) is 0 Å². The Kier molecular flexibility index (Phi) is 3.12. The van der Waals surface area contributed by atoms with Crippen molar-refractivity contribution in [3.05, 3.63) is 54.0 Å². The van der Waals surface area contributed by atoms with Crippen molar-refractivity contribution in [1.82, 2.24) is 9.97 Å². The second kappa shape index (κ2) is 4.72. The lowest BCUT2D eigenvalue weighted by Gasteiger charge is -2.10. The molecule has 0 aromatic carbocycles. The number of nitrogens with zero attached hydrogens (tertiary/aromatic N) is 2. The van der Waals surface area contributed by atoms with Gasteiger partial charge in [0.2, 0.25) is 5.88 Å². The van der Waals surface area contributed by atoms with Crippen LogP contribution in [0.1, 0.15) is 17.4 Å². The Morgan fingerprint density at radius 1 is 1.25 bits per heavy atom. The van der Waals surface area contributed by atoms with Gasteiger partial charge in [-0.25, -0.2) is 4.98 Å². The van der Waals surface area contributed by atoms with Gasteiger partial charge in [0.05, 0.1) is 12.8 Å². The highest BCUT2D eigenvalue weighted by Gasteiger charge is 2.12. The van der Waals surface area contributed by atoms with E-state index in [2.05, 4.69) is 9.97 Å². The molecule has 2 aromatic heterocycles. The number of pyridine rings is 2. The minimum Gasteiger partial charge on any atom is -0.481 e. The molecule has 0 radical (unpaired) electrons. The van der Waals surface area contributed by atoms with Crippen molar-refractivity contribution in [1.29, 1.82) is 0 Å². The zero-order valence-electron chi connectivity index (χ0n) is 8.87. The summed E-state index contributed by atoms with van der Waals surface area (Å²) in [6.45, 7) is 0. The Bertz CT molecular complexity index is 460. The van der Waals surface area contributed by atoms with Crippen LogP contribution in [0.5, 0.6) is 5.88 Å². The van der Waals surface area contributed by atoms with Gasteiger partial charge in [-0.2, -0.15) is 0 Å². The molecule has 2 heterocycles. The normalized spacial score (nSPS) is 12.1. The maximum Gasteiger partial charge on any atom is 0.213 e. The van der Waals surface area contributed by atoms with E-state index in [-0.39, 0.29) is 0 Å². The van der Waals surface area contributed by atoms with E-state index >= 15 is 0 Å². The summed E-state index contributed by atoms with van der Waals surface area (Å²) in [6.07, 6.45) is 2.50. The summed E-state index contributed by atoms with van der Waals surface area (Å²) >= 11 is 0. The van der Waals surface area contributed by atoms with Crippen molar-refractivity contribution >= 4 is 0 Å². The summed E-state index contributed by atoms with van der Waals surface area (Å²) in [5, 5.41) is 10.1. The molecule has 82 valence electrons. The molecule has 1 unspecified atom stereocenters.